The Kier molecular flexibility index (Phi) is 11.3. The molecule has 13 heavy (non-hydrogen) atoms. The van der Waals surface area contributed by atoms with Gasteiger partial charge in [0.1, 0.15) is 0 Å². The van der Waals surface area contributed by atoms with Gasteiger partial charge in [-0.15, -0.1) is 6.58 Å². The van der Waals surface area contributed by atoms with Gasteiger partial charge in [0, 0.05) is 0 Å². The molecule has 0 aromatic heterocycles. The van der Waals surface area contributed by atoms with Gasteiger partial charge in [0.25, 0.3) is 0 Å². The first-order valence-corrected chi connectivity index (χ1v) is 3.79. The van der Waals surface area contributed by atoms with Crippen LogP contribution >= 0.6 is 0 Å². The van der Waals surface area contributed by atoms with Crippen LogP contribution in [0.5, 0.6) is 0 Å². The quantitative estimate of drug-likeness (QED) is 0.309. The van der Waals surface area contributed by atoms with Crippen molar-refractivity contribution in [3.05, 3.63) is 12.7 Å². The van der Waals surface area contributed by atoms with E-state index in [2.05, 4.69) is 18.2 Å². The Labute approximate surface area is 76.6 Å². The second kappa shape index (κ2) is 10.5. The Balaban J connectivity index is 0. The fourth-order valence-corrected chi connectivity index (χ4v) is 0.423. The molecule has 0 aliphatic rings. The molecule has 0 saturated carbocycles. The van der Waals surface area contributed by atoms with Crippen molar-refractivity contribution in [2.45, 2.75) is 26.2 Å². The molecule has 0 aromatic carbocycles. The first-order chi connectivity index (χ1) is 6.04. The maximum Gasteiger partial charge on any atom is 0.516 e. The van der Waals surface area contributed by atoms with Crippen molar-refractivity contribution in [2.24, 2.45) is 0 Å². The lowest BCUT2D eigenvalue weighted by Crippen LogP contribution is -2.05. The van der Waals surface area contributed by atoms with E-state index in [9.17, 15) is 9.59 Å². The number of unbranched alkanes of at least 4 members (excludes halogenated alkanes) is 2. The topological polar surface area (TPSA) is 83.8 Å². The van der Waals surface area contributed by atoms with Crippen LogP contribution < -0.4 is 0 Å². The van der Waals surface area contributed by atoms with E-state index in [1.54, 1.807) is 0 Å². The lowest BCUT2D eigenvalue weighted by Gasteiger charge is -1.84. The molecule has 2 N–H and O–H groups in total. The maximum absolute atomic E-state index is 9.21. The third-order valence-corrected chi connectivity index (χ3v) is 0.936. The monoisotopic (exact) mass is 190 g/mol. The fourth-order valence-electron chi connectivity index (χ4n) is 0.423. The van der Waals surface area contributed by atoms with Gasteiger partial charge in [-0.3, -0.25) is 0 Å². The second-order valence-electron chi connectivity index (χ2n) is 2.06. The second-order valence-corrected chi connectivity index (χ2v) is 2.06. The van der Waals surface area contributed by atoms with Gasteiger partial charge in [-0.05, 0) is 6.42 Å². The average molecular weight is 190 g/mol. The van der Waals surface area contributed by atoms with E-state index in [0.29, 0.717) is 0 Å². The first kappa shape index (κ1) is 14.0. The van der Waals surface area contributed by atoms with E-state index < -0.39 is 12.3 Å². The van der Waals surface area contributed by atoms with Crippen LogP contribution in [0.2, 0.25) is 0 Å². The van der Waals surface area contributed by atoms with Crippen LogP contribution in [0.1, 0.15) is 26.2 Å². The summed E-state index contributed by atoms with van der Waals surface area (Å²) in [6.45, 7) is 5.78. The largest absolute Gasteiger partial charge is 0.516 e. The summed E-state index contributed by atoms with van der Waals surface area (Å²) < 4.78 is 3.08. The van der Waals surface area contributed by atoms with Gasteiger partial charge < -0.3 is 14.9 Å². The summed E-state index contributed by atoms with van der Waals surface area (Å²) in [4.78, 5) is 18.4. The molecule has 0 bridgehead atoms. The summed E-state index contributed by atoms with van der Waals surface area (Å²) in [7, 11) is 0. The van der Waals surface area contributed by atoms with Crippen LogP contribution in [0.15, 0.2) is 12.7 Å². The number of carboxylic acid groups (broad SMARTS) is 2. The molecule has 0 amide bonds. The van der Waals surface area contributed by atoms with Gasteiger partial charge in [-0.25, -0.2) is 9.59 Å². The minimum atomic E-state index is -1.81. The Bertz CT molecular complexity index is 152. The van der Waals surface area contributed by atoms with E-state index in [1.807, 2.05) is 6.08 Å². The van der Waals surface area contributed by atoms with Crippen LogP contribution in [0.3, 0.4) is 0 Å². The Morgan fingerprint density at radius 3 is 1.92 bits per heavy atom. The van der Waals surface area contributed by atoms with Crippen molar-refractivity contribution in [3.63, 3.8) is 0 Å². The van der Waals surface area contributed by atoms with Crippen LogP contribution in [0.25, 0.3) is 0 Å². The van der Waals surface area contributed by atoms with Crippen molar-refractivity contribution < 1.29 is 24.5 Å². The van der Waals surface area contributed by atoms with Crippen molar-refractivity contribution >= 4 is 12.3 Å². The van der Waals surface area contributed by atoms with Crippen LogP contribution in [0, 0.1) is 0 Å². The molecule has 0 aliphatic heterocycles. The van der Waals surface area contributed by atoms with Crippen molar-refractivity contribution in [3.8, 4) is 0 Å². The molecule has 0 fully saturated rings. The smallest absolute Gasteiger partial charge is 0.449 e. The van der Waals surface area contributed by atoms with Crippen molar-refractivity contribution in [2.75, 3.05) is 0 Å². The number of allylic oxidation sites excluding steroid dienone is 1. The molecular weight excluding hydrogens is 176 g/mol. The highest BCUT2D eigenvalue weighted by molar-refractivity contribution is 5.74. The predicted molar refractivity (Wildman–Crippen MR) is 46.9 cm³/mol. The van der Waals surface area contributed by atoms with E-state index in [1.165, 1.54) is 19.3 Å². The average Bonchev–Trinajstić information content (AvgIpc) is 1.99. The molecule has 0 heterocycles. The molecule has 0 aromatic rings. The predicted octanol–water partition coefficient (Wildman–Crippen LogP) is 2.72. The third kappa shape index (κ3) is 25.1. The fraction of sp³-hybridized carbons (Fsp3) is 0.500. The van der Waals surface area contributed by atoms with Gasteiger partial charge >= 0.3 is 12.3 Å². The molecular formula is C8H14O5. The Hall–Kier alpha value is -1.52. The molecule has 5 heteroatoms. The summed E-state index contributed by atoms with van der Waals surface area (Å²) in [5.41, 5.74) is 0. The molecule has 0 saturated heterocycles. The Morgan fingerprint density at radius 2 is 1.85 bits per heavy atom. The normalized spacial score (nSPS) is 7.77. The number of carbonyl (C=O) groups is 2. The highest BCUT2D eigenvalue weighted by atomic mass is 16.7. The zero-order chi connectivity index (χ0) is 10.7. The molecule has 0 spiro atoms. The zero-order valence-electron chi connectivity index (χ0n) is 7.52. The third-order valence-electron chi connectivity index (χ3n) is 0.936. The number of rotatable bonds is 3. The van der Waals surface area contributed by atoms with Gasteiger partial charge in [0.15, 0.2) is 0 Å². The highest BCUT2D eigenvalue weighted by Crippen LogP contribution is 1.91. The summed E-state index contributed by atoms with van der Waals surface area (Å²) in [6.07, 6.45) is 2.09. The zero-order valence-corrected chi connectivity index (χ0v) is 7.52. The van der Waals surface area contributed by atoms with Crippen LogP contribution in [-0.4, -0.2) is 22.5 Å². The summed E-state index contributed by atoms with van der Waals surface area (Å²) >= 11 is 0. The lowest BCUT2D eigenvalue weighted by molar-refractivity contribution is 0.0802. The Morgan fingerprint density at radius 1 is 1.38 bits per heavy atom. The highest BCUT2D eigenvalue weighted by Gasteiger charge is 2.01. The minimum Gasteiger partial charge on any atom is -0.449 e. The molecule has 5 nitrogen and oxygen atoms in total. The van der Waals surface area contributed by atoms with Gasteiger partial charge in [-0.1, -0.05) is 25.8 Å². The number of hydrogen-bond donors (Lipinski definition) is 2. The standard InChI is InChI=1S/C6H12.C2H2O5/c1-3-5-6-4-2;3-1(4)7-2(5)6/h3H,1,4-6H2,2H3;(H,3,4)(H,5,6). The van der Waals surface area contributed by atoms with Crippen LogP contribution in [0.4, 0.5) is 9.59 Å². The minimum absolute atomic E-state index is 1.18. The molecule has 0 atom stereocenters. The SMILES string of the molecule is C=CCCCC.O=C(O)OC(=O)O. The lowest BCUT2D eigenvalue weighted by atomic mass is 10.3. The number of hydrogen-bond acceptors (Lipinski definition) is 3. The first-order valence-electron chi connectivity index (χ1n) is 3.79. The van der Waals surface area contributed by atoms with E-state index in [4.69, 9.17) is 10.2 Å². The van der Waals surface area contributed by atoms with Gasteiger partial charge in [0.2, 0.25) is 0 Å². The van der Waals surface area contributed by atoms with E-state index >= 15 is 0 Å². The summed E-state index contributed by atoms with van der Waals surface area (Å²) in [5, 5.41) is 15.0. The number of ether oxygens (including phenoxy) is 1. The molecule has 0 rings (SSSR count). The molecule has 0 aliphatic carbocycles. The van der Waals surface area contributed by atoms with E-state index in [-0.39, 0.29) is 0 Å². The van der Waals surface area contributed by atoms with Crippen molar-refractivity contribution in [1.82, 2.24) is 0 Å². The molecule has 0 radical (unpaired) electrons. The van der Waals surface area contributed by atoms with E-state index in [0.717, 1.165) is 0 Å². The summed E-state index contributed by atoms with van der Waals surface area (Å²) in [6, 6.07) is 0. The molecule has 76 valence electrons. The maximum atomic E-state index is 9.21. The van der Waals surface area contributed by atoms with Crippen LogP contribution in [-0.2, 0) is 4.74 Å². The van der Waals surface area contributed by atoms with Gasteiger partial charge in [0.05, 0.1) is 0 Å². The van der Waals surface area contributed by atoms with Gasteiger partial charge in [-0.2, -0.15) is 0 Å². The molecule has 0 unspecified atom stereocenters. The van der Waals surface area contributed by atoms with Crippen molar-refractivity contribution in [1.29, 1.82) is 0 Å². The summed E-state index contributed by atoms with van der Waals surface area (Å²) in [5.74, 6) is 0.